The molecular formula is C43H77NO8. The van der Waals surface area contributed by atoms with E-state index in [1.807, 2.05) is 6.08 Å². The smallest absolute Gasteiger partial charge is 0.220 e. The lowest BCUT2D eigenvalue weighted by atomic mass is 9.99. The van der Waals surface area contributed by atoms with Crippen LogP contribution < -0.4 is 5.32 Å². The van der Waals surface area contributed by atoms with Gasteiger partial charge in [-0.25, -0.2) is 0 Å². The Balaban J connectivity index is 2.47. The molecule has 0 radical (unpaired) electrons. The van der Waals surface area contributed by atoms with Gasteiger partial charge in [0.15, 0.2) is 6.29 Å². The molecule has 9 heteroatoms. The van der Waals surface area contributed by atoms with Gasteiger partial charge in [0, 0.05) is 6.42 Å². The van der Waals surface area contributed by atoms with E-state index >= 15 is 0 Å². The molecule has 0 aromatic carbocycles. The minimum absolute atomic E-state index is 0.204. The lowest BCUT2D eigenvalue weighted by molar-refractivity contribution is -0.302. The quantitative estimate of drug-likeness (QED) is 0.0295. The molecule has 9 nitrogen and oxygen atoms in total. The number of carbonyl (C=O) groups excluding carboxylic acids is 1. The standard InChI is InChI=1S/C43H77NO8/c1-3-5-7-9-11-13-15-17-19-20-22-24-26-28-30-32-37(46)36(35-51-43-42(50)41(49)40(48)38(34-45)52-43)44-39(47)33-31-29-27-25-23-21-18-16-14-12-10-8-6-4-2/h15-18,22,24,30,32,36-38,40-43,45-46,48-50H,3-14,19-21,23,25-29,31,33-35H2,1-2H3,(H,44,47)/b17-15+,18-16-,24-22+,32-30+. The lowest BCUT2D eigenvalue weighted by Gasteiger charge is -2.40. The van der Waals surface area contributed by atoms with Crippen molar-refractivity contribution < 1.29 is 39.8 Å². The molecule has 52 heavy (non-hydrogen) atoms. The zero-order valence-electron chi connectivity index (χ0n) is 32.8. The molecule has 0 aromatic heterocycles. The second-order valence-electron chi connectivity index (χ2n) is 14.4. The number of hydrogen-bond donors (Lipinski definition) is 6. The van der Waals surface area contributed by atoms with Crippen molar-refractivity contribution in [2.24, 2.45) is 0 Å². The maximum absolute atomic E-state index is 12.9. The van der Waals surface area contributed by atoms with Crippen LogP contribution >= 0.6 is 0 Å². The summed E-state index contributed by atoms with van der Waals surface area (Å²) in [6, 6.07) is -0.830. The number of carbonyl (C=O) groups is 1. The van der Waals surface area contributed by atoms with Crippen LogP contribution in [0.5, 0.6) is 0 Å². The summed E-state index contributed by atoms with van der Waals surface area (Å²) >= 11 is 0. The summed E-state index contributed by atoms with van der Waals surface area (Å²) in [6.45, 7) is 3.69. The van der Waals surface area contributed by atoms with Crippen LogP contribution in [0.15, 0.2) is 48.6 Å². The number of allylic oxidation sites excluding steroid dienone is 7. The Kier molecular flexibility index (Phi) is 31.2. The summed E-state index contributed by atoms with van der Waals surface area (Å²) in [5.41, 5.74) is 0. The van der Waals surface area contributed by atoms with Gasteiger partial charge in [-0.1, -0.05) is 133 Å². The summed E-state index contributed by atoms with van der Waals surface area (Å²) < 4.78 is 11.2. The molecule has 7 unspecified atom stereocenters. The van der Waals surface area contributed by atoms with Crippen LogP contribution in [0, 0.1) is 0 Å². The number of unbranched alkanes of at least 4 members (excludes halogenated alkanes) is 17. The molecule has 1 aliphatic rings. The van der Waals surface area contributed by atoms with E-state index in [0.29, 0.717) is 6.42 Å². The largest absolute Gasteiger partial charge is 0.394 e. The molecule has 7 atom stereocenters. The van der Waals surface area contributed by atoms with E-state index < -0.39 is 49.5 Å². The second kappa shape index (κ2) is 33.7. The molecule has 1 amide bonds. The Morgan fingerprint density at radius 1 is 0.635 bits per heavy atom. The maximum Gasteiger partial charge on any atom is 0.220 e. The Morgan fingerprint density at radius 3 is 1.62 bits per heavy atom. The molecule has 1 rings (SSSR count). The monoisotopic (exact) mass is 736 g/mol. The number of rotatable bonds is 33. The third-order valence-electron chi connectivity index (χ3n) is 9.60. The average Bonchev–Trinajstić information content (AvgIpc) is 3.14. The molecule has 1 fully saturated rings. The molecule has 6 N–H and O–H groups in total. The van der Waals surface area contributed by atoms with Gasteiger partial charge in [0.05, 0.1) is 25.4 Å². The minimum Gasteiger partial charge on any atom is -0.394 e. The van der Waals surface area contributed by atoms with E-state index in [4.69, 9.17) is 9.47 Å². The molecule has 1 aliphatic heterocycles. The van der Waals surface area contributed by atoms with Crippen LogP contribution in [0.25, 0.3) is 0 Å². The van der Waals surface area contributed by atoms with Gasteiger partial charge in [-0.3, -0.25) is 4.79 Å². The van der Waals surface area contributed by atoms with Crippen molar-refractivity contribution in [3.05, 3.63) is 48.6 Å². The first-order chi connectivity index (χ1) is 25.3. The van der Waals surface area contributed by atoms with Crippen molar-refractivity contribution in [3.63, 3.8) is 0 Å². The third-order valence-corrected chi connectivity index (χ3v) is 9.60. The fourth-order valence-electron chi connectivity index (χ4n) is 6.18. The van der Waals surface area contributed by atoms with Crippen molar-refractivity contribution in [1.82, 2.24) is 5.32 Å². The normalized spacial score (nSPS) is 22.3. The van der Waals surface area contributed by atoms with Gasteiger partial charge in [0.25, 0.3) is 0 Å². The van der Waals surface area contributed by atoms with Gasteiger partial charge in [-0.2, -0.15) is 0 Å². The number of nitrogens with one attached hydrogen (secondary N) is 1. The first-order valence-corrected chi connectivity index (χ1v) is 20.9. The number of aliphatic hydroxyl groups excluding tert-OH is 5. The van der Waals surface area contributed by atoms with E-state index in [1.165, 1.54) is 70.6 Å². The molecule has 0 bridgehead atoms. The molecular weight excluding hydrogens is 658 g/mol. The fourth-order valence-corrected chi connectivity index (χ4v) is 6.18. The third kappa shape index (κ3) is 24.5. The fraction of sp³-hybridized carbons (Fsp3) is 0.791. The maximum atomic E-state index is 12.9. The topological polar surface area (TPSA) is 149 Å². The van der Waals surface area contributed by atoms with Crippen molar-refractivity contribution in [2.75, 3.05) is 13.2 Å². The van der Waals surface area contributed by atoms with Crippen LogP contribution in [0.4, 0.5) is 0 Å². The number of aliphatic hydroxyl groups is 5. The molecule has 1 saturated heterocycles. The summed E-state index contributed by atoms with van der Waals surface area (Å²) in [4.78, 5) is 12.9. The Labute approximate surface area is 316 Å². The molecule has 0 aliphatic carbocycles. The minimum atomic E-state index is -1.57. The lowest BCUT2D eigenvalue weighted by Crippen LogP contribution is -2.60. The van der Waals surface area contributed by atoms with Crippen molar-refractivity contribution in [2.45, 2.75) is 204 Å². The van der Waals surface area contributed by atoms with Gasteiger partial charge in [-0.05, 0) is 70.6 Å². The SMILES string of the molecule is CCCCCCC/C=C\CCCCCCCC(=O)NC(COC1OC(CO)C(O)C(O)C1O)C(O)/C=C/CC/C=C/CC/C=C/CCCCCCC. The average molecular weight is 736 g/mol. The van der Waals surface area contributed by atoms with Crippen molar-refractivity contribution >= 4 is 5.91 Å². The number of hydrogen-bond acceptors (Lipinski definition) is 8. The zero-order chi connectivity index (χ0) is 38.1. The van der Waals surface area contributed by atoms with Crippen LogP contribution in [0.2, 0.25) is 0 Å². The predicted molar refractivity (Wildman–Crippen MR) is 212 cm³/mol. The Bertz CT molecular complexity index is 951. The van der Waals surface area contributed by atoms with E-state index in [9.17, 15) is 30.3 Å². The van der Waals surface area contributed by atoms with E-state index in [0.717, 1.165) is 70.6 Å². The molecule has 0 aromatic rings. The van der Waals surface area contributed by atoms with E-state index in [1.54, 1.807) is 6.08 Å². The predicted octanol–water partition coefficient (Wildman–Crippen LogP) is 7.89. The molecule has 1 heterocycles. The highest BCUT2D eigenvalue weighted by atomic mass is 16.7. The van der Waals surface area contributed by atoms with E-state index in [2.05, 4.69) is 55.6 Å². The summed E-state index contributed by atoms with van der Waals surface area (Å²) in [7, 11) is 0. The van der Waals surface area contributed by atoms with Gasteiger partial charge in [0.1, 0.15) is 24.4 Å². The second-order valence-corrected chi connectivity index (χ2v) is 14.4. The first kappa shape index (κ1) is 48.2. The molecule has 0 spiro atoms. The zero-order valence-corrected chi connectivity index (χ0v) is 32.8. The van der Waals surface area contributed by atoms with Crippen LogP contribution in [0.1, 0.15) is 162 Å². The van der Waals surface area contributed by atoms with Gasteiger partial charge in [0.2, 0.25) is 5.91 Å². The van der Waals surface area contributed by atoms with Gasteiger partial charge in [-0.15, -0.1) is 0 Å². The molecule has 302 valence electrons. The van der Waals surface area contributed by atoms with Gasteiger partial charge >= 0.3 is 0 Å². The summed E-state index contributed by atoms with van der Waals surface area (Å²) in [5, 5.41) is 54.0. The van der Waals surface area contributed by atoms with Crippen LogP contribution in [-0.4, -0.2) is 87.5 Å². The van der Waals surface area contributed by atoms with Gasteiger partial charge < -0.3 is 40.3 Å². The molecule has 0 saturated carbocycles. The highest BCUT2D eigenvalue weighted by Gasteiger charge is 2.44. The Hall–Kier alpha value is -1.85. The van der Waals surface area contributed by atoms with E-state index in [-0.39, 0.29) is 12.5 Å². The Morgan fingerprint density at radius 2 is 1.10 bits per heavy atom. The number of amides is 1. The first-order valence-electron chi connectivity index (χ1n) is 20.9. The van der Waals surface area contributed by atoms with Crippen LogP contribution in [-0.2, 0) is 14.3 Å². The van der Waals surface area contributed by atoms with Crippen molar-refractivity contribution in [1.29, 1.82) is 0 Å². The summed E-state index contributed by atoms with van der Waals surface area (Å²) in [5.74, 6) is -0.204. The highest BCUT2D eigenvalue weighted by molar-refractivity contribution is 5.76. The van der Waals surface area contributed by atoms with Crippen LogP contribution in [0.3, 0.4) is 0 Å². The highest BCUT2D eigenvalue weighted by Crippen LogP contribution is 2.22. The summed E-state index contributed by atoms with van der Waals surface area (Å²) in [6.07, 6.45) is 34.3. The van der Waals surface area contributed by atoms with Crippen molar-refractivity contribution in [3.8, 4) is 0 Å². The number of ether oxygens (including phenoxy) is 2.